The molecule has 4 nitrogen and oxygen atoms in total. The summed E-state index contributed by atoms with van der Waals surface area (Å²) in [6.45, 7) is 4.09. The molecule has 2 aromatic rings. The molecular formula is C15H20N4S. The topological polar surface area (TPSA) is 55.0 Å². The van der Waals surface area contributed by atoms with Gasteiger partial charge in [-0.05, 0) is 38.1 Å². The largest absolute Gasteiger partial charge is 0.330 e. The molecule has 3 heterocycles. The zero-order valence-corrected chi connectivity index (χ0v) is 12.4. The normalized spacial score (nSPS) is 15.2. The molecule has 0 saturated carbocycles. The highest BCUT2D eigenvalue weighted by atomic mass is 32.1. The van der Waals surface area contributed by atoms with Gasteiger partial charge in [-0.1, -0.05) is 6.07 Å². The first-order valence-electron chi connectivity index (χ1n) is 7.19. The Bertz CT molecular complexity index is 552. The van der Waals surface area contributed by atoms with Crippen molar-refractivity contribution in [2.75, 3.05) is 19.6 Å². The lowest BCUT2D eigenvalue weighted by Gasteiger charge is -2.25. The highest BCUT2D eigenvalue weighted by molar-refractivity contribution is 7.15. The minimum absolute atomic E-state index is 0.795. The second-order valence-electron chi connectivity index (χ2n) is 5.13. The van der Waals surface area contributed by atoms with E-state index < -0.39 is 0 Å². The molecule has 0 spiro atoms. The van der Waals surface area contributed by atoms with Crippen LogP contribution in [0, 0.1) is 0 Å². The highest BCUT2D eigenvalue weighted by Crippen LogP contribution is 2.30. The van der Waals surface area contributed by atoms with Crippen LogP contribution in [-0.4, -0.2) is 34.5 Å². The summed E-state index contributed by atoms with van der Waals surface area (Å²) in [5, 5.41) is 1.06. The van der Waals surface area contributed by atoms with Crippen LogP contribution in [0.3, 0.4) is 0 Å². The lowest BCUT2D eigenvalue weighted by Crippen LogP contribution is -2.31. The molecule has 0 aliphatic carbocycles. The Kier molecular flexibility index (Phi) is 4.40. The summed E-state index contributed by atoms with van der Waals surface area (Å²) in [5.74, 6) is 0. The quantitative estimate of drug-likeness (QED) is 0.858. The van der Waals surface area contributed by atoms with E-state index in [9.17, 15) is 0 Å². The van der Waals surface area contributed by atoms with Crippen molar-refractivity contribution in [3.8, 4) is 10.7 Å². The fraction of sp³-hybridized carbons (Fsp3) is 0.467. The third-order valence-electron chi connectivity index (χ3n) is 3.62. The predicted molar refractivity (Wildman–Crippen MR) is 82.6 cm³/mol. The number of aromatic nitrogens is 2. The molecular weight excluding hydrogens is 268 g/mol. The lowest BCUT2D eigenvalue weighted by atomic mass is 10.1. The number of nitrogens with zero attached hydrogens (tertiary/aromatic N) is 3. The van der Waals surface area contributed by atoms with Gasteiger partial charge in [-0.25, -0.2) is 4.98 Å². The van der Waals surface area contributed by atoms with Crippen LogP contribution in [0.2, 0.25) is 0 Å². The number of hydrogen-bond acceptors (Lipinski definition) is 5. The van der Waals surface area contributed by atoms with Crippen molar-refractivity contribution in [3.05, 3.63) is 35.0 Å². The van der Waals surface area contributed by atoms with E-state index >= 15 is 0 Å². The molecule has 2 aromatic heterocycles. The molecule has 0 fully saturated rings. The van der Waals surface area contributed by atoms with Crippen LogP contribution in [0.25, 0.3) is 10.7 Å². The van der Waals surface area contributed by atoms with Gasteiger partial charge in [0.15, 0.2) is 0 Å². The maximum atomic E-state index is 5.56. The maximum absolute atomic E-state index is 5.56. The van der Waals surface area contributed by atoms with E-state index in [0.717, 1.165) is 49.7 Å². The fourth-order valence-corrected chi connectivity index (χ4v) is 3.64. The number of nitrogens with two attached hydrogens (primary N) is 1. The molecule has 5 heteroatoms. The van der Waals surface area contributed by atoms with E-state index in [1.165, 1.54) is 17.0 Å². The lowest BCUT2D eigenvalue weighted by molar-refractivity contribution is 0.251. The molecule has 0 radical (unpaired) electrons. The van der Waals surface area contributed by atoms with Crippen molar-refractivity contribution in [2.24, 2.45) is 5.73 Å². The molecule has 0 aromatic carbocycles. The summed E-state index contributed by atoms with van der Waals surface area (Å²) in [6.07, 6.45) is 5.19. The van der Waals surface area contributed by atoms with Gasteiger partial charge in [-0.15, -0.1) is 11.3 Å². The summed E-state index contributed by atoms with van der Waals surface area (Å²) < 4.78 is 0. The van der Waals surface area contributed by atoms with Gasteiger partial charge in [0, 0.05) is 30.6 Å². The van der Waals surface area contributed by atoms with Gasteiger partial charge in [0.25, 0.3) is 0 Å². The summed E-state index contributed by atoms with van der Waals surface area (Å²) in [5.41, 5.74) is 7.81. The number of rotatable bonds is 5. The monoisotopic (exact) mass is 288 g/mol. The van der Waals surface area contributed by atoms with E-state index in [2.05, 4.69) is 9.88 Å². The van der Waals surface area contributed by atoms with E-state index in [1.807, 2.05) is 24.4 Å². The van der Waals surface area contributed by atoms with Crippen LogP contribution < -0.4 is 5.73 Å². The number of unbranched alkanes of at least 4 members (excludes halogenated alkanes) is 1. The summed E-state index contributed by atoms with van der Waals surface area (Å²) in [6, 6.07) is 5.99. The molecule has 0 amide bonds. The predicted octanol–water partition coefficient (Wildman–Crippen LogP) is 2.30. The number of hydrogen-bond donors (Lipinski definition) is 1. The summed E-state index contributed by atoms with van der Waals surface area (Å²) in [4.78, 5) is 13.1. The fourth-order valence-electron chi connectivity index (χ4n) is 2.52. The zero-order valence-electron chi connectivity index (χ0n) is 11.6. The molecule has 0 saturated heterocycles. The van der Waals surface area contributed by atoms with Crippen molar-refractivity contribution in [3.63, 3.8) is 0 Å². The van der Waals surface area contributed by atoms with Crippen molar-refractivity contribution in [1.29, 1.82) is 0 Å². The smallest absolute Gasteiger partial charge is 0.142 e. The highest BCUT2D eigenvalue weighted by Gasteiger charge is 2.20. The molecule has 3 rings (SSSR count). The molecule has 0 bridgehead atoms. The second kappa shape index (κ2) is 6.43. The molecule has 0 unspecified atom stereocenters. The average Bonchev–Trinajstić information content (AvgIpc) is 2.92. The second-order valence-corrected chi connectivity index (χ2v) is 6.21. The van der Waals surface area contributed by atoms with Gasteiger partial charge >= 0.3 is 0 Å². The Morgan fingerprint density at radius 1 is 1.30 bits per heavy atom. The minimum Gasteiger partial charge on any atom is -0.330 e. The third-order valence-corrected chi connectivity index (χ3v) is 4.73. The van der Waals surface area contributed by atoms with E-state index in [4.69, 9.17) is 10.7 Å². The van der Waals surface area contributed by atoms with Crippen LogP contribution in [0.15, 0.2) is 24.4 Å². The van der Waals surface area contributed by atoms with Crippen molar-refractivity contribution in [1.82, 2.24) is 14.9 Å². The molecule has 1 aliphatic rings. The summed E-state index contributed by atoms with van der Waals surface area (Å²) in [7, 11) is 0. The molecule has 0 atom stereocenters. The zero-order chi connectivity index (χ0) is 13.8. The Balaban J connectivity index is 1.70. The molecule has 1 aliphatic heterocycles. The van der Waals surface area contributed by atoms with Crippen molar-refractivity contribution >= 4 is 11.3 Å². The van der Waals surface area contributed by atoms with Crippen molar-refractivity contribution < 1.29 is 0 Å². The van der Waals surface area contributed by atoms with Gasteiger partial charge in [-0.3, -0.25) is 9.88 Å². The van der Waals surface area contributed by atoms with Gasteiger partial charge in [0.05, 0.1) is 11.4 Å². The van der Waals surface area contributed by atoms with Crippen LogP contribution in [0.1, 0.15) is 23.4 Å². The Hall–Kier alpha value is -1.30. The van der Waals surface area contributed by atoms with Crippen LogP contribution in [-0.2, 0) is 13.0 Å². The minimum atomic E-state index is 0.795. The van der Waals surface area contributed by atoms with Gasteiger partial charge in [0.1, 0.15) is 5.01 Å². The van der Waals surface area contributed by atoms with Crippen LogP contribution in [0.4, 0.5) is 0 Å². The molecule has 20 heavy (non-hydrogen) atoms. The van der Waals surface area contributed by atoms with E-state index in [1.54, 1.807) is 11.3 Å². The van der Waals surface area contributed by atoms with E-state index in [0.29, 0.717) is 0 Å². The first-order chi connectivity index (χ1) is 9.86. The first kappa shape index (κ1) is 13.7. The van der Waals surface area contributed by atoms with Gasteiger partial charge in [0.2, 0.25) is 0 Å². The summed E-state index contributed by atoms with van der Waals surface area (Å²) >= 11 is 1.79. The SMILES string of the molecule is NCCCCN1CCc2nc(-c3ccccn3)sc2C1. The number of pyridine rings is 1. The van der Waals surface area contributed by atoms with Crippen LogP contribution >= 0.6 is 11.3 Å². The Morgan fingerprint density at radius 3 is 3.05 bits per heavy atom. The number of fused-ring (bicyclic) bond motifs is 1. The molecule has 106 valence electrons. The van der Waals surface area contributed by atoms with Crippen molar-refractivity contribution in [2.45, 2.75) is 25.8 Å². The maximum Gasteiger partial charge on any atom is 0.142 e. The average molecular weight is 288 g/mol. The van der Waals surface area contributed by atoms with Gasteiger partial charge in [-0.2, -0.15) is 0 Å². The number of thiazole rings is 1. The Labute approximate surface area is 123 Å². The van der Waals surface area contributed by atoms with Gasteiger partial charge < -0.3 is 5.73 Å². The third kappa shape index (κ3) is 3.06. The standard InChI is InChI=1S/C15H20N4S/c16-7-2-4-9-19-10-6-12-14(11-19)20-15(18-12)13-5-1-3-8-17-13/h1,3,5,8H,2,4,6-7,9-11,16H2. The van der Waals surface area contributed by atoms with E-state index in [-0.39, 0.29) is 0 Å². The van der Waals surface area contributed by atoms with Crippen LogP contribution in [0.5, 0.6) is 0 Å². The Morgan fingerprint density at radius 2 is 2.25 bits per heavy atom. The first-order valence-corrected chi connectivity index (χ1v) is 8.01. The molecule has 2 N–H and O–H groups in total.